The summed E-state index contributed by atoms with van der Waals surface area (Å²) < 4.78 is 0. The third kappa shape index (κ3) is 4.61. The van der Waals surface area contributed by atoms with E-state index in [4.69, 9.17) is 11.6 Å². The van der Waals surface area contributed by atoms with Crippen LogP contribution >= 0.6 is 22.9 Å². The van der Waals surface area contributed by atoms with Gasteiger partial charge in [0.1, 0.15) is 4.88 Å². The van der Waals surface area contributed by atoms with Gasteiger partial charge in [0, 0.05) is 16.3 Å². The Bertz CT molecular complexity index is 967. The first-order valence-corrected chi connectivity index (χ1v) is 10.2. The molecule has 0 aliphatic carbocycles. The molecule has 0 fully saturated rings. The summed E-state index contributed by atoms with van der Waals surface area (Å²) in [7, 11) is 0. The second kappa shape index (κ2) is 9.04. The Hall–Kier alpha value is -2.63. The highest BCUT2D eigenvalue weighted by atomic mass is 35.5. The Morgan fingerprint density at radius 2 is 1.75 bits per heavy atom. The standard InChI is InChI=1S/C22H20ClNO3S/c1-2-6-20(25)24(14-15-9-11-17(23)12-10-15)18-13-19(28-21(18)22(26)27)16-7-4-3-5-8-16/h3-5,7-13H,2,6,14H2,1H3,(H,26,27). The second-order valence-corrected chi connectivity index (χ2v) is 7.84. The molecular formula is C22H20ClNO3S. The predicted molar refractivity (Wildman–Crippen MR) is 114 cm³/mol. The summed E-state index contributed by atoms with van der Waals surface area (Å²) in [5.74, 6) is -1.13. The quantitative estimate of drug-likeness (QED) is 0.509. The van der Waals surface area contributed by atoms with Gasteiger partial charge in [0.15, 0.2) is 0 Å². The van der Waals surface area contributed by atoms with E-state index in [1.807, 2.05) is 49.4 Å². The Kier molecular flexibility index (Phi) is 6.49. The van der Waals surface area contributed by atoms with Crippen LogP contribution in [0.2, 0.25) is 5.02 Å². The number of halogens is 1. The van der Waals surface area contributed by atoms with Crippen molar-refractivity contribution in [3.8, 4) is 10.4 Å². The number of aromatic carboxylic acids is 1. The lowest BCUT2D eigenvalue weighted by Gasteiger charge is -2.22. The maximum absolute atomic E-state index is 12.8. The number of hydrogen-bond acceptors (Lipinski definition) is 3. The van der Waals surface area contributed by atoms with Gasteiger partial charge in [0.2, 0.25) is 5.91 Å². The van der Waals surface area contributed by atoms with Crippen LogP contribution in [0.3, 0.4) is 0 Å². The van der Waals surface area contributed by atoms with Crippen molar-refractivity contribution in [3.63, 3.8) is 0 Å². The van der Waals surface area contributed by atoms with Gasteiger partial charge in [-0.3, -0.25) is 4.79 Å². The summed E-state index contributed by atoms with van der Waals surface area (Å²) in [6.45, 7) is 2.22. The van der Waals surface area contributed by atoms with Crippen molar-refractivity contribution < 1.29 is 14.7 Å². The summed E-state index contributed by atoms with van der Waals surface area (Å²) in [6, 6.07) is 18.6. The fourth-order valence-corrected chi connectivity index (χ4v) is 4.04. The number of carboxylic acid groups (broad SMARTS) is 1. The number of thiophene rings is 1. The molecule has 0 unspecified atom stereocenters. The van der Waals surface area contributed by atoms with E-state index in [0.717, 1.165) is 16.0 Å². The van der Waals surface area contributed by atoms with Crippen molar-refractivity contribution in [2.45, 2.75) is 26.3 Å². The minimum atomic E-state index is -1.03. The fraction of sp³-hybridized carbons (Fsp3) is 0.182. The first-order valence-electron chi connectivity index (χ1n) is 8.97. The topological polar surface area (TPSA) is 57.6 Å². The van der Waals surface area contributed by atoms with Crippen molar-refractivity contribution >= 4 is 40.5 Å². The van der Waals surface area contributed by atoms with E-state index in [1.165, 1.54) is 11.3 Å². The average Bonchev–Trinajstić information content (AvgIpc) is 3.14. The number of carbonyl (C=O) groups is 2. The molecule has 3 aromatic rings. The molecule has 0 aliphatic heterocycles. The molecule has 0 bridgehead atoms. The summed E-state index contributed by atoms with van der Waals surface area (Å²) >= 11 is 7.14. The smallest absolute Gasteiger partial charge is 0.348 e. The molecule has 2 aromatic carbocycles. The van der Waals surface area contributed by atoms with Crippen LogP contribution in [0.4, 0.5) is 5.69 Å². The first-order chi connectivity index (χ1) is 13.5. The molecule has 144 valence electrons. The van der Waals surface area contributed by atoms with Gasteiger partial charge >= 0.3 is 5.97 Å². The fourth-order valence-electron chi connectivity index (χ4n) is 2.91. The highest BCUT2D eigenvalue weighted by Crippen LogP contribution is 2.38. The maximum atomic E-state index is 12.8. The molecule has 0 atom stereocenters. The summed E-state index contributed by atoms with van der Waals surface area (Å²) in [5, 5.41) is 10.4. The van der Waals surface area contributed by atoms with Gasteiger partial charge in [-0.15, -0.1) is 11.3 Å². The number of benzene rings is 2. The number of anilines is 1. The molecule has 1 heterocycles. The molecule has 3 rings (SSSR count). The van der Waals surface area contributed by atoms with E-state index < -0.39 is 5.97 Å². The molecule has 6 heteroatoms. The molecular weight excluding hydrogens is 394 g/mol. The third-order valence-corrected chi connectivity index (χ3v) is 5.69. The van der Waals surface area contributed by atoms with Gasteiger partial charge in [-0.25, -0.2) is 4.79 Å². The van der Waals surface area contributed by atoms with E-state index in [9.17, 15) is 14.7 Å². The number of rotatable bonds is 7. The van der Waals surface area contributed by atoms with Crippen LogP contribution in [0.25, 0.3) is 10.4 Å². The number of carboxylic acids is 1. The van der Waals surface area contributed by atoms with Gasteiger partial charge < -0.3 is 10.0 Å². The monoisotopic (exact) mass is 413 g/mol. The maximum Gasteiger partial charge on any atom is 0.348 e. The molecule has 1 N–H and O–H groups in total. The van der Waals surface area contributed by atoms with Crippen molar-refractivity contribution in [1.29, 1.82) is 0 Å². The van der Waals surface area contributed by atoms with E-state index in [1.54, 1.807) is 23.1 Å². The Morgan fingerprint density at radius 3 is 2.36 bits per heavy atom. The normalized spacial score (nSPS) is 10.6. The summed E-state index contributed by atoms with van der Waals surface area (Å²) in [5.41, 5.74) is 2.25. The zero-order valence-corrected chi connectivity index (χ0v) is 17.0. The number of amides is 1. The van der Waals surface area contributed by atoms with E-state index >= 15 is 0 Å². The van der Waals surface area contributed by atoms with Gasteiger partial charge in [-0.1, -0.05) is 61.0 Å². The molecule has 1 amide bonds. The summed E-state index contributed by atoms with van der Waals surface area (Å²) in [6.07, 6.45) is 1.04. The van der Waals surface area contributed by atoms with E-state index in [0.29, 0.717) is 30.1 Å². The zero-order chi connectivity index (χ0) is 20.1. The van der Waals surface area contributed by atoms with Gasteiger partial charge in [0.05, 0.1) is 12.2 Å². The highest BCUT2D eigenvalue weighted by molar-refractivity contribution is 7.18. The van der Waals surface area contributed by atoms with Crippen molar-refractivity contribution in [2.24, 2.45) is 0 Å². The SMILES string of the molecule is CCCC(=O)N(Cc1ccc(Cl)cc1)c1cc(-c2ccccc2)sc1C(=O)O. The first kappa shape index (κ1) is 20.1. The third-order valence-electron chi connectivity index (χ3n) is 4.27. The molecule has 0 spiro atoms. The number of carbonyl (C=O) groups excluding carboxylic acids is 1. The van der Waals surface area contributed by atoms with Crippen molar-refractivity contribution in [1.82, 2.24) is 0 Å². The van der Waals surface area contributed by atoms with Crippen LogP contribution in [0.15, 0.2) is 60.7 Å². The number of hydrogen-bond donors (Lipinski definition) is 1. The predicted octanol–water partition coefficient (Wildman–Crippen LogP) is 6.10. The molecule has 0 radical (unpaired) electrons. The van der Waals surface area contributed by atoms with Gasteiger partial charge in [0.25, 0.3) is 0 Å². The molecule has 0 saturated carbocycles. The zero-order valence-electron chi connectivity index (χ0n) is 15.4. The molecule has 1 aromatic heterocycles. The van der Waals surface area contributed by atoms with Crippen LogP contribution in [0.5, 0.6) is 0 Å². The van der Waals surface area contributed by atoms with E-state index in [-0.39, 0.29) is 10.8 Å². The average molecular weight is 414 g/mol. The molecule has 4 nitrogen and oxygen atoms in total. The molecule has 28 heavy (non-hydrogen) atoms. The summed E-state index contributed by atoms with van der Waals surface area (Å²) in [4.78, 5) is 27.3. The van der Waals surface area contributed by atoms with Crippen LogP contribution in [-0.2, 0) is 11.3 Å². The Balaban J connectivity index is 2.05. The second-order valence-electron chi connectivity index (χ2n) is 6.35. The van der Waals surface area contributed by atoms with Gasteiger partial charge in [-0.2, -0.15) is 0 Å². The van der Waals surface area contributed by atoms with Crippen LogP contribution in [0.1, 0.15) is 35.0 Å². The molecule has 0 saturated heterocycles. The van der Waals surface area contributed by atoms with Crippen molar-refractivity contribution in [2.75, 3.05) is 4.90 Å². The van der Waals surface area contributed by atoms with E-state index in [2.05, 4.69) is 0 Å². The Morgan fingerprint density at radius 1 is 1.07 bits per heavy atom. The number of nitrogens with zero attached hydrogens (tertiary/aromatic N) is 1. The Labute approximate surface area is 173 Å². The lowest BCUT2D eigenvalue weighted by molar-refractivity contribution is -0.118. The lowest BCUT2D eigenvalue weighted by atomic mass is 10.1. The highest BCUT2D eigenvalue weighted by Gasteiger charge is 2.25. The minimum Gasteiger partial charge on any atom is -0.477 e. The van der Waals surface area contributed by atoms with Crippen LogP contribution in [0, 0.1) is 0 Å². The lowest BCUT2D eigenvalue weighted by Crippen LogP contribution is -2.30. The largest absolute Gasteiger partial charge is 0.477 e. The van der Waals surface area contributed by atoms with Crippen LogP contribution < -0.4 is 4.90 Å². The molecule has 0 aliphatic rings. The minimum absolute atomic E-state index is 0.0997. The van der Waals surface area contributed by atoms with Crippen molar-refractivity contribution in [3.05, 3.63) is 76.1 Å². The van der Waals surface area contributed by atoms with Gasteiger partial charge in [-0.05, 0) is 35.7 Å². The van der Waals surface area contributed by atoms with Crippen LogP contribution in [-0.4, -0.2) is 17.0 Å².